The van der Waals surface area contributed by atoms with E-state index < -0.39 is 0 Å². The molecule has 1 aromatic carbocycles. The number of likely N-dealkylation sites (tertiary alicyclic amines) is 1. The number of rotatable bonds is 5. The smallest absolute Gasteiger partial charge is 0.0511 e. The molecule has 1 atom stereocenters. The molecular formula is C19H29NO. The lowest BCUT2D eigenvalue weighted by Gasteiger charge is -2.44. The molecule has 1 saturated heterocycles. The van der Waals surface area contributed by atoms with Crippen molar-refractivity contribution in [3.8, 4) is 0 Å². The van der Waals surface area contributed by atoms with Crippen molar-refractivity contribution in [3.05, 3.63) is 47.7 Å². The molecule has 0 bridgehead atoms. The van der Waals surface area contributed by atoms with E-state index in [1.165, 1.54) is 11.1 Å². The van der Waals surface area contributed by atoms with Crippen molar-refractivity contribution in [2.75, 3.05) is 19.7 Å². The van der Waals surface area contributed by atoms with E-state index in [9.17, 15) is 5.11 Å². The van der Waals surface area contributed by atoms with E-state index in [0.717, 1.165) is 25.2 Å². The first-order valence-electron chi connectivity index (χ1n) is 7.96. The highest BCUT2D eigenvalue weighted by atomic mass is 16.3. The summed E-state index contributed by atoms with van der Waals surface area (Å²) in [6.07, 6.45) is 1.14. The molecule has 0 aliphatic carbocycles. The third-order valence-corrected chi connectivity index (χ3v) is 4.54. The number of benzene rings is 1. The zero-order chi connectivity index (χ0) is 15.6. The lowest BCUT2D eigenvalue weighted by molar-refractivity contribution is 0.115. The zero-order valence-corrected chi connectivity index (χ0v) is 13.9. The molecule has 21 heavy (non-hydrogen) atoms. The molecule has 2 rings (SSSR count). The van der Waals surface area contributed by atoms with Gasteiger partial charge in [0.1, 0.15) is 0 Å². The highest BCUT2D eigenvalue weighted by Crippen LogP contribution is 2.31. The molecular weight excluding hydrogens is 258 g/mol. The van der Waals surface area contributed by atoms with Crippen LogP contribution in [0.4, 0.5) is 0 Å². The maximum atomic E-state index is 9.21. The quantitative estimate of drug-likeness (QED) is 0.894. The molecule has 0 saturated carbocycles. The maximum Gasteiger partial charge on any atom is 0.0511 e. The molecule has 2 nitrogen and oxygen atoms in total. The third kappa shape index (κ3) is 3.68. The van der Waals surface area contributed by atoms with Gasteiger partial charge in [0, 0.05) is 24.7 Å². The molecule has 1 aliphatic rings. The molecule has 0 amide bonds. The van der Waals surface area contributed by atoms with Crippen molar-refractivity contribution in [3.63, 3.8) is 0 Å². The van der Waals surface area contributed by atoms with Crippen molar-refractivity contribution in [2.24, 2.45) is 11.8 Å². The van der Waals surface area contributed by atoms with E-state index in [2.05, 4.69) is 56.5 Å². The Hall–Kier alpha value is -1.28. The van der Waals surface area contributed by atoms with E-state index in [0.29, 0.717) is 5.92 Å². The first kappa shape index (κ1) is 16.1. The lowest BCUT2D eigenvalue weighted by Crippen LogP contribution is -2.48. The van der Waals surface area contributed by atoms with Gasteiger partial charge in [-0.25, -0.2) is 0 Å². The summed E-state index contributed by atoms with van der Waals surface area (Å²) in [5, 5.41) is 9.21. The number of hydrogen-bond acceptors (Lipinski definition) is 2. The second-order valence-corrected chi connectivity index (χ2v) is 7.46. The van der Waals surface area contributed by atoms with Crippen LogP contribution in [0.3, 0.4) is 0 Å². The molecule has 1 aliphatic heterocycles. The predicted molar refractivity (Wildman–Crippen MR) is 89.3 cm³/mol. The van der Waals surface area contributed by atoms with Crippen molar-refractivity contribution >= 4 is 0 Å². The minimum Gasteiger partial charge on any atom is -0.396 e. The van der Waals surface area contributed by atoms with E-state index in [1.807, 2.05) is 6.92 Å². The van der Waals surface area contributed by atoms with Crippen LogP contribution in [0.1, 0.15) is 38.8 Å². The van der Waals surface area contributed by atoms with Gasteiger partial charge in [0.05, 0.1) is 6.61 Å². The molecule has 0 aromatic heterocycles. The molecule has 0 radical (unpaired) electrons. The fraction of sp³-hybridized carbons (Fsp3) is 0.579. The Morgan fingerprint density at radius 1 is 1.33 bits per heavy atom. The van der Waals surface area contributed by atoms with Gasteiger partial charge >= 0.3 is 0 Å². The average Bonchev–Trinajstić information content (AvgIpc) is 2.40. The van der Waals surface area contributed by atoms with Gasteiger partial charge in [-0.3, -0.25) is 0 Å². The van der Waals surface area contributed by atoms with Gasteiger partial charge in [-0.05, 0) is 28.9 Å². The van der Waals surface area contributed by atoms with Gasteiger partial charge in [-0.2, -0.15) is 0 Å². The Balaban J connectivity index is 1.96. The van der Waals surface area contributed by atoms with Crippen LogP contribution in [0.5, 0.6) is 0 Å². The van der Waals surface area contributed by atoms with Crippen LogP contribution in [0, 0.1) is 11.8 Å². The number of aliphatic hydroxyl groups excluding tert-OH is 1. The Kier molecular flexibility index (Phi) is 4.77. The van der Waals surface area contributed by atoms with E-state index >= 15 is 0 Å². The van der Waals surface area contributed by atoms with Gasteiger partial charge < -0.3 is 10.0 Å². The highest BCUT2D eigenvalue weighted by Gasteiger charge is 2.30. The summed E-state index contributed by atoms with van der Waals surface area (Å²) in [4.78, 5) is 2.31. The number of nitrogens with zero attached hydrogens (tertiary/aromatic N) is 1. The monoisotopic (exact) mass is 287 g/mol. The minimum atomic E-state index is 0.174. The van der Waals surface area contributed by atoms with Gasteiger partial charge in [-0.15, -0.1) is 0 Å². The number of aliphatic hydroxyl groups is 1. The molecule has 1 heterocycles. The van der Waals surface area contributed by atoms with Crippen LogP contribution in [0.2, 0.25) is 0 Å². The fourth-order valence-electron chi connectivity index (χ4n) is 3.09. The Morgan fingerprint density at radius 2 is 1.95 bits per heavy atom. The highest BCUT2D eigenvalue weighted by molar-refractivity contribution is 5.33. The largest absolute Gasteiger partial charge is 0.396 e. The van der Waals surface area contributed by atoms with Crippen molar-refractivity contribution in [1.29, 1.82) is 0 Å². The van der Waals surface area contributed by atoms with E-state index in [1.54, 1.807) is 0 Å². The molecule has 0 spiro atoms. The van der Waals surface area contributed by atoms with Crippen LogP contribution in [0.25, 0.3) is 0 Å². The van der Waals surface area contributed by atoms with Crippen molar-refractivity contribution in [1.82, 2.24) is 4.90 Å². The topological polar surface area (TPSA) is 23.5 Å². The Labute approximate surface area is 129 Å². The lowest BCUT2D eigenvalue weighted by atomic mass is 9.80. The molecule has 1 fully saturated rings. The van der Waals surface area contributed by atoms with E-state index in [4.69, 9.17) is 0 Å². The first-order chi connectivity index (χ1) is 9.82. The van der Waals surface area contributed by atoms with Crippen LogP contribution >= 0.6 is 0 Å². The van der Waals surface area contributed by atoms with E-state index in [-0.39, 0.29) is 17.9 Å². The molecule has 1 N–H and O–H groups in total. The van der Waals surface area contributed by atoms with Crippen LogP contribution in [-0.2, 0) is 11.8 Å². The number of hydrogen-bond donors (Lipinski definition) is 1. The summed E-state index contributed by atoms with van der Waals surface area (Å²) in [5.74, 6) is 0.879. The standard InChI is InChI=1S/C19H29NO/c1-14(13-21)15(2)20-11-16(12-20)10-17-8-6-7-9-18(17)19(3,4)5/h6-9,14,16,21H,2,10-13H2,1,3-5H3. The SMILES string of the molecule is C=C(C(C)CO)N1CC(Cc2ccccc2C(C)(C)C)C1. The average molecular weight is 287 g/mol. The first-order valence-corrected chi connectivity index (χ1v) is 7.96. The summed E-state index contributed by atoms with van der Waals surface area (Å²) in [5.41, 5.74) is 4.23. The summed E-state index contributed by atoms with van der Waals surface area (Å²) in [6, 6.07) is 8.82. The molecule has 1 unspecified atom stereocenters. The molecule has 2 heteroatoms. The van der Waals surface area contributed by atoms with Crippen LogP contribution in [-0.4, -0.2) is 29.7 Å². The normalized spacial score (nSPS) is 17.5. The summed E-state index contributed by atoms with van der Waals surface area (Å²) >= 11 is 0. The Morgan fingerprint density at radius 3 is 2.52 bits per heavy atom. The summed E-state index contributed by atoms with van der Waals surface area (Å²) in [7, 11) is 0. The van der Waals surface area contributed by atoms with Gasteiger partial charge in [0.2, 0.25) is 0 Å². The molecule has 1 aromatic rings. The van der Waals surface area contributed by atoms with Crippen LogP contribution < -0.4 is 0 Å². The van der Waals surface area contributed by atoms with Crippen LogP contribution in [0.15, 0.2) is 36.5 Å². The van der Waals surface area contributed by atoms with Crippen molar-refractivity contribution < 1.29 is 5.11 Å². The maximum absolute atomic E-state index is 9.21. The summed E-state index contributed by atoms with van der Waals surface area (Å²) < 4.78 is 0. The minimum absolute atomic E-state index is 0.174. The third-order valence-electron chi connectivity index (χ3n) is 4.54. The second kappa shape index (κ2) is 6.23. The van der Waals surface area contributed by atoms with Gasteiger partial charge in [-0.1, -0.05) is 58.5 Å². The zero-order valence-electron chi connectivity index (χ0n) is 13.9. The predicted octanol–water partition coefficient (Wildman–Crippen LogP) is 3.60. The van der Waals surface area contributed by atoms with Crippen molar-refractivity contribution in [2.45, 2.75) is 39.5 Å². The summed E-state index contributed by atoms with van der Waals surface area (Å²) in [6.45, 7) is 15.3. The Bertz CT molecular complexity index is 495. The van der Waals surface area contributed by atoms with Gasteiger partial charge in [0.15, 0.2) is 0 Å². The fourth-order valence-corrected chi connectivity index (χ4v) is 3.09. The molecule has 116 valence electrons. The van der Waals surface area contributed by atoms with Gasteiger partial charge in [0.25, 0.3) is 0 Å². The second-order valence-electron chi connectivity index (χ2n) is 7.46.